The van der Waals surface area contributed by atoms with Crippen LogP contribution < -0.4 is 5.32 Å². The fourth-order valence-electron chi connectivity index (χ4n) is 2.87. The summed E-state index contributed by atoms with van der Waals surface area (Å²) in [6.07, 6.45) is 5.39. The zero-order valence-electron chi connectivity index (χ0n) is 14.1. The number of carbonyl (C=O) groups is 1. The molecule has 1 N–H and O–H groups in total. The third-order valence-corrected chi connectivity index (χ3v) is 4.87. The van der Waals surface area contributed by atoms with Crippen molar-refractivity contribution in [1.29, 1.82) is 0 Å². The van der Waals surface area contributed by atoms with Crippen LogP contribution in [0.5, 0.6) is 0 Å². The summed E-state index contributed by atoms with van der Waals surface area (Å²) >= 11 is 1.43. The van der Waals surface area contributed by atoms with Crippen LogP contribution in [0, 0.1) is 0 Å². The van der Waals surface area contributed by atoms with Gasteiger partial charge in [-0.3, -0.25) is 9.69 Å². The highest BCUT2D eigenvalue weighted by Gasteiger charge is 2.29. The highest BCUT2D eigenvalue weighted by Crippen LogP contribution is 2.30. The molecule has 1 amide bonds. The van der Waals surface area contributed by atoms with Gasteiger partial charge in [-0.05, 0) is 19.4 Å². The van der Waals surface area contributed by atoms with Gasteiger partial charge in [-0.15, -0.1) is 11.3 Å². The second kappa shape index (κ2) is 7.85. The lowest BCUT2D eigenvalue weighted by Crippen LogP contribution is -2.35. The molecule has 0 bridgehead atoms. The van der Waals surface area contributed by atoms with Crippen molar-refractivity contribution in [3.8, 4) is 0 Å². The van der Waals surface area contributed by atoms with E-state index in [4.69, 9.17) is 4.52 Å². The molecule has 0 saturated carbocycles. The van der Waals surface area contributed by atoms with Crippen LogP contribution in [0.2, 0.25) is 0 Å². The molecule has 2 aromatic rings. The van der Waals surface area contributed by atoms with Crippen LogP contribution in [-0.4, -0.2) is 39.0 Å². The van der Waals surface area contributed by atoms with Gasteiger partial charge >= 0.3 is 0 Å². The third kappa shape index (κ3) is 4.18. The number of hydrogen-bond donors (Lipinski definition) is 1. The summed E-state index contributed by atoms with van der Waals surface area (Å²) in [5.41, 5.74) is 0. The number of rotatable bonds is 6. The normalized spacial score (nSPS) is 18.9. The van der Waals surface area contributed by atoms with Gasteiger partial charge in [-0.2, -0.15) is 4.98 Å². The molecule has 0 aromatic carbocycles. The Balaban J connectivity index is 1.58. The first-order chi connectivity index (χ1) is 11.6. The van der Waals surface area contributed by atoms with Crippen molar-refractivity contribution in [2.24, 2.45) is 0 Å². The zero-order valence-corrected chi connectivity index (χ0v) is 14.9. The average Bonchev–Trinajstić information content (AvgIpc) is 3.25. The van der Waals surface area contributed by atoms with Crippen LogP contribution in [0.1, 0.15) is 63.2 Å². The third-order valence-electron chi connectivity index (χ3n) is 4.18. The van der Waals surface area contributed by atoms with E-state index in [2.05, 4.69) is 39.2 Å². The molecular weight excluding hydrogens is 326 g/mol. The minimum Gasteiger partial charge on any atom is -0.338 e. The van der Waals surface area contributed by atoms with E-state index in [9.17, 15) is 4.79 Å². The second-order valence-electron chi connectivity index (χ2n) is 6.33. The van der Waals surface area contributed by atoms with Gasteiger partial charge in [0.1, 0.15) is 0 Å². The smallest absolute Gasteiger partial charge is 0.244 e. The number of nitrogens with one attached hydrogen (secondary N) is 1. The van der Waals surface area contributed by atoms with Gasteiger partial charge < -0.3 is 9.84 Å². The largest absolute Gasteiger partial charge is 0.338 e. The number of likely N-dealkylation sites (tertiary alicyclic amines) is 1. The predicted octanol–water partition coefficient (Wildman–Crippen LogP) is 3.21. The van der Waals surface area contributed by atoms with Crippen LogP contribution in [0.25, 0.3) is 0 Å². The Morgan fingerprint density at radius 1 is 1.50 bits per heavy atom. The first kappa shape index (κ1) is 17.0. The molecule has 3 heterocycles. The summed E-state index contributed by atoms with van der Waals surface area (Å²) in [6.45, 7) is 5.74. The number of amides is 1. The molecule has 130 valence electrons. The molecule has 2 aromatic heterocycles. The summed E-state index contributed by atoms with van der Waals surface area (Å²) in [6, 6.07) is 0.117. The van der Waals surface area contributed by atoms with Crippen LogP contribution in [0.3, 0.4) is 0 Å². The molecule has 1 aliphatic rings. The van der Waals surface area contributed by atoms with Gasteiger partial charge in [0.2, 0.25) is 11.8 Å². The SMILES string of the molecule is CC(C)c1noc([C@H]2CCCCN2CCC(=O)Nc2nccs2)n1. The highest BCUT2D eigenvalue weighted by atomic mass is 32.1. The number of hydrogen-bond acceptors (Lipinski definition) is 7. The van der Waals surface area contributed by atoms with Crippen molar-refractivity contribution in [2.75, 3.05) is 18.4 Å². The van der Waals surface area contributed by atoms with E-state index in [0.717, 1.165) is 31.6 Å². The Bertz CT molecular complexity index is 655. The molecule has 0 radical (unpaired) electrons. The Morgan fingerprint density at radius 3 is 3.08 bits per heavy atom. The number of piperidine rings is 1. The van der Waals surface area contributed by atoms with Crippen molar-refractivity contribution in [3.63, 3.8) is 0 Å². The summed E-state index contributed by atoms with van der Waals surface area (Å²) in [7, 11) is 0. The Hall–Kier alpha value is -1.80. The minimum atomic E-state index is -0.0114. The number of aromatic nitrogens is 3. The van der Waals surface area contributed by atoms with Crippen LogP contribution in [-0.2, 0) is 4.79 Å². The van der Waals surface area contributed by atoms with E-state index >= 15 is 0 Å². The number of nitrogens with zero attached hydrogens (tertiary/aromatic N) is 4. The van der Waals surface area contributed by atoms with Crippen LogP contribution in [0.4, 0.5) is 5.13 Å². The van der Waals surface area contributed by atoms with Crippen molar-refractivity contribution in [2.45, 2.75) is 51.5 Å². The maximum atomic E-state index is 12.1. The lowest BCUT2D eigenvalue weighted by atomic mass is 10.0. The Labute approximate surface area is 145 Å². The first-order valence-corrected chi connectivity index (χ1v) is 9.28. The van der Waals surface area contributed by atoms with Gasteiger partial charge in [0.25, 0.3) is 0 Å². The fourth-order valence-corrected chi connectivity index (χ4v) is 3.41. The van der Waals surface area contributed by atoms with Gasteiger partial charge in [0.05, 0.1) is 6.04 Å². The monoisotopic (exact) mass is 349 g/mol. The molecule has 1 saturated heterocycles. The van der Waals surface area contributed by atoms with Crippen LogP contribution in [0.15, 0.2) is 16.1 Å². The van der Waals surface area contributed by atoms with Crippen molar-refractivity contribution in [3.05, 3.63) is 23.3 Å². The van der Waals surface area contributed by atoms with Crippen molar-refractivity contribution < 1.29 is 9.32 Å². The van der Waals surface area contributed by atoms with Gasteiger partial charge in [-0.25, -0.2) is 4.98 Å². The maximum absolute atomic E-state index is 12.1. The summed E-state index contributed by atoms with van der Waals surface area (Å²) in [5, 5.41) is 9.39. The predicted molar refractivity (Wildman–Crippen MR) is 91.9 cm³/mol. The lowest BCUT2D eigenvalue weighted by molar-refractivity contribution is -0.116. The number of thiazole rings is 1. The van der Waals surface area contributed by atoms with Crippen molar-refractivity contribution in [1.82, 2.24) is 20.0 Å². The van der Waals surface area contributed by atoms with E-state index in [-0.39, 0.29) is 17.9 Å². The van der Waals surface area contributed by atoms with Crippen molar-refractivity contribution >= 4 is 22.4 Å². The molecular formula is C16H23N5O2S. The van der Waals surface area contributed by atoms with E-state index in [1.807, 2.05) is 5.38 Å². The van der Waals surface area contributed by atoms with Gasteiger partial charge in [0.15, 0.2) is 11.0 Å². The molecule has 0 aliphatic carbocycles. The summed E-state index contributed by atoms with van der Waals surface area (Å²) in [4.78, 5) is 23.0. The molecule has 0 spiro atoms. The lowest BCUT2D eigenvalue weighted by Gasteiger charge is -2.33. The Kier molecular flexibility index (Phi) is 5.57. The van der Waals surface area contributed by atoms with E-state index in [1.165, 1.54) is 11.3 Å². The molecule has 8 heteroatoms. The van der Waals surface area contributed by atoms with Gasteiger partial charge in [0, 0.05) is 30.5 Å². The van der Waals surface area contributed by atoms with Crippen LogP contribution >= 0.6 is 11.3 Å². The quantitative estimate of drug-likeness (QED) is 0.862. The number of carbonyl (C=O) groups excluding carboxylic acids is 1. The van der Waals surface area contributed by atoms with E-state index in [1.54, 1.807) is 6.20 Å². The average molecular weight is 349 g/mol. The number of anilines is 1. The fraction of sp³-hybridized carbons (Fsp3) is 0.625. The summed E-state index contributed by atoms with van der Waals surface area (Å²) < 4.78 is 5.48. The van der Waals surface area contributed by atoms with E-state index in [0.29, 0.717) is 24.0 Å². The molecule has 1 fully saturated rings. The summed E-state index contributed by atoms with van der Waals surface area (Å²) in [5.74, 6) is 1.67. The standard InChI is InChI=1S/C16H23N5O2S/c1-11(2)14-19-15(23-20-14)12-5-3-4-8-21(12)9-6-13(22)18-16-17-7-10-24-16/h7,10-12H,3-6,8-9H2,1-2H3,(H,17,18,22)/t12-/m1/s1. The molecule has 24 heavy (non-hydrogen) atoms. The van der Waals surface area contributed by atoms with Gasteiger partial charge in [-0.1, -0.05) is 25.4 Å². The Morgan fingerprint density at radius 2 is 2.38 bits per heavy atom. The molecule has 3 rings (SSSR count). The topological polar surface area (TPSA) is 84.2 Å². The maximum Gasteiger partial charge on any atom is 0.244 e. The molecule has 7 nitrogen and oxygen atoms in total. The second-order valence-corrected chi connectivity index (χ2v) is 7.22. The molecule has 1 aliphatic heterocycles. The minimum absolute atomic E-state index is 0.0114. The molecule has 1 atom stereocenters. The van der Waals surface area contributed by atoms with E-state index < -0.39 is 0 Å². The highest BCUT2D eigenvalue weighted by molar-refractivity contribution is 7.13. The zero-order chi connectivity index (χ0) is 16.9. The molecule has 0 unspecified atom stereocenters. The first-order valence-electron chi connectivity index (χ1n) is 8.40.